The second-order valence-electron chi connectivity index (χ2n) is 20.3. The lowest BCUT2D eigenvalue weighted by atomic mass is 9.95. The molecule has 3 aromatic heterocycles. The van der Waals surface area contributed by atoms with E-state index in [1.54, 1.807) is 0 Å². The van der Waals surface area contributed by atoms with E-state index < -0.39 is 0 Å². The van der Waals surface area contributed by atoms with Gasteiger partial charge in [0.2, 0.25) is 5.82 Å². The van der Waals surface area contributed by atoms with Crippen molar-refractivity contribution >= 4 is 77.7 Å². The van der Waals surface area contributed by atoms with Crippen molar-refractivity contribution in [1.82, 2.24) is 19.3 Å². The largest absolute Gasteiger partial charge is 0.334 e. The molecule has 0 aliphatic carbocycles. The molecule has 0 spiro atoms. The van der Waals surface area contributed by atoms with E-state index in [1.807, 2.05) is 30.3 Å². The van der Waals surface area contributed by atoms with Crippen LogP contribution in [0.2, 0.25) is 0 Å². The Bertz CT molecular complexity index is 4390. The Hall–Kier alpha value is -11.0. The first-order valence-corrected chi connectivity index (χ1v) is 27.3. The average Bonchev–Trinajstić information content (AvgIpc) is 4.24. The zero-order valence-corrected chi connectivity index (χ0v) is 44.0. The molecule has 0 amide bonds. The molecule has 15 aromatic rings. The SMILES string of the molecule is c1ccc(-c2noc(-c3cc(-c4ccc(-n5c6ccccc6c6cc(N(c7ccccc7)c7ccccc7)ccc65)cc4)cc(-c4ccc(-n5c6ccccc6c6cc(N(c7ccccc7)c7ccccc7)ccc65)cc4)c3)n2)cc1. The van der Waals surface area contributed by atoms with Gasteiger partial charge in [0.15, 0.2) is 0 Å². The Morgan fingerprint density at radius 3 is 1.04 bits per heavy atom. The molecule has 0 radical (unpaired) electrons. The van der Waals surface area contributed by atoms with Gasteiger partial charge in [0.25, 0.3) is 5.89 Å². The predicted molar refractivity (Wildman–Crippen MR) is 334 cm³/mol. The number of aromatic nitrogens is 4. The Labute approximate surface area is 468 Å². The van der Waals surface area contributed by atoms with Crippen LogP contribution < -0.4 is 9.80 Å². The maximum absolute atomic E-state index is 6.06. The summed E-state index contributed by atoms with van der Waals surface area (Å²) in [4.78, 5) is 9.59. The summed E-state index contributed by atoms with van der Waals surface area (Å²) < 4.78 is 10.8. The van der Waals surface area contributed by atoms with Crippen molar-refractivity contribution in [2.45, 2.75) is 0 Å². The third kappa shape index (κ3) is 8.57. The smallest absolute Gasteiger partial charge is 0.258 e. The van der Waals surface area contributed by atoms with Crippen LogP contribution in [-0.4, -0.2) is 19.3 Å². The minimum absolute atomic E-state index is 0.454. The zero-order chi connectivity index (χ0) is 53.6. The number of hydrogen-bond donors (Lipinski definition) is 0. The van der Waals surface area contributed by atoms with Crippen molar-refractivity contribution in [2.75, 3.05) is 9.80 Å². The first-order chi connectivity index (χ1) is 40.2. The fraction of sp³-hybridized carbons (Fsp3) is 0. The predicted octanol–water partition coefficient (Wildman–Crippen LogP) is 19.9. The number of hydrogen-bond acceptors (Lipinski definition) is 5. The second kappa shape index (κ2) is 20.1. The average molecular weight is 1040 g/mol. The molecular weight excluding hydrogens is 989 g/mol. The van der Waals surface area contributed by atoms with Gasteiger partial charge in [-0.15, -0.1) is 0 Å². The molecule has 81 heavy (non-hydrogen) atoms. The van der Waals surface area contributed by atoms with E-state index in [-0.39, 0.29) is 0 Å². The molecule has 7 heteroatoms. The number of rotatable bonds is 12. The van der Waals surface area contributed by atoms with E-state index in [1.165, 1.54) is 21.5 Å². The molecule has 0 saturated carbocycles. The molecule has 0 aliphatic heterocycles. The summed E-state index contributed by atoms with van der Waals surface area (Å²) in [7, 11) is 0. The minimum Gasteiger partial charge on any atom is -0.334 e. The van der Waals surface area contributed by atoms with Crippen LogP contribution >= 0.6 is 0 Å². The van der Waals surface area contributed by atoms with Crippen molar-refractivity contribution in [3.8, 4) is 56.5 Å². The number of fused-ring (bicyclic) bond motifs is 6. The van der Waals surface area contributed by atoms with Crippen molar-refractivity contribution in [3.05, 3.63) is 303 Å². The summed E-state index contributed by atoms with van der Waals surface area (Å²) >= 11 is 0. The Balaban J connectivity index is 0.808. The highest BCUT2D eigenvalue weighted by Gasteiger charge is 2.21. The van der Waals surface area contributed by atoms with Crippen LogP contribution in [0.4, 0.5) is 34.1 Å². The van der Waals surface area contributed by atoms with Gasteiger partial charge in [-0.25, -0.2) is 0 Å². The lowest BCUT2D eigenvalue weighted by Gasteiger charge is -2.25. The fourth-order valence-corrected chi connectivity index (χ4v) is 11.7. The highest BCUT2D eigenvalue weighted by atomic mass is 16.5. The van der Waals surface area contributed by atoms with E-state index in [0.29, 0.717) is 11.7 Å². The van der Waals surface area contributed by atoms with Crippen LogP contribution in [0.15, 0.2) is 308 Å². The highest BCUT2D eigenvalue weighted by Crippen LogP contribution is 2.43. The summed E-state index contributed by atoms with van der Waals surface area (Å²) in [5, 5.41) is 9.19. The molecule has 15 rings (SSSR count). The molecule has 0 fully saturated rings. The molecule has 12 aromatic carbocycles. The molecule has 0 N–H and O–H groups in total. The van der Waals surface area contributed by atoms with Gasteiger partial charge in [-0.1, -0.05) is 169 Å². The third-order valence-corrected chi connectivity index (χ3v) is 15.4. The summed E-state index contributed by atoms with van der Waals surface area (Å²) in [5.41, 5.74) is 19.2. The van der Waals surface area contributed by atoms with Gasteiger partial charge >= 0.3 is 0 Å². The number of nitrogens with zero attached hydrogens (tertiary/aromatic N) is 6. The van der Waals surface area contributed by atoms with Crippen LogP contribution in [0.1, 0.15) is 0 Å². The van der Waals surface area contributed by atoms with E-state index in [0.717, 1.165) is 101 Å². The molecule has 0 atom stereocenters. The van der Waals surface area contributed by atoms with Gasteiger partial charge < -0.3 is 23.5 Å². The van der Waals surface area contributed by atoms with Gasteiger partial charge in [-0.2, -0.15) is 4.98 Å². The maximum Gasteiger partial charge on any atom is 0.258 e. The number of anilines is 6. The third-order valence-electron chi connectivity index (χ3n) is 15.4. The van der Waals surface area contributed by atoms with Gasteiger partial charge in [0, 0.05) is 78.2 Å². The molecule has 382 valence electrons. The topological polar surface area (TPSA) is 55.3 Å². The minimum atomic E-state index is 0.454. The van der Waals surface area contributed by atoms with Crippen LogP contribution in [0.5, 0.6) is 0 Å². The molecule has 0 unspecified atom stereocenters. The van der Waals surface area contributed by atoms with Crippen LogP contribution in [-0.2, 0) is 0 Å². The maximum atomic E-state index is 6.06. The highest BCUT2D eigenvalue weighted by molar-refractivity contribution is 6.12. The number of benzene rings is 12. The van der Waals surface area contributed by atoms with E-state index in [9.17, 15) is 0 Å². The monoisotopic (exact) mass is 1040 g/mol. The first kappa shape index (κ1) is 47.2. The lowest BCUT2D eigenvalue weighted by molar-refractivity contribution is 0.432. The Kier molecular flexibility index (Phi) is 11.7. The quantitative estimate of drug-likeness (QED) is 0.122. The molecule has 0 aliphatic rings. The molecule has 0 saturated heterocycles. The van der Waals surface area contributed by atoms with Crippen molar-refractivity contribution in [3.63, 3.8) is 0 Å². The fourth-order valence-electron chi connectivity index (χ4n) is 11.7. The zero-order valence-electron chi connectivity index (χ0n) is 44.0. The van der Waals surface area contributed by atoms with Gasteiger partial charge in [-0.3, -0.25) is 0 Å². The van der Waals surface area contributed by atoms with E-state index >= 15 is 0 Å². The van der Waals surface area contributed by atoms with Gasteiger partial charge in [0.1, 0.15) is 0 Å². The van der Waals surface area contributed by atoms with Crippen molar-refractivity contribution < 1.29 is 4.52 Å². The normalized spacial score (nSPS) is 11.5. The summed E-state index contributed by atoms with van der Waals surface area (Å²) in [6, 6.07) is 108. The Morgan fingerprint density at radius 1 is 0.259 bits per heavy atom. The van der Waals surface area contributed by atoms with Crippen molar-refractivity contribution in [2.24, 2.45) is 0 Å². The van der Waals surface area contributed by atoms with E-state index in [4.69, 9.17) is 9.51 Å². The summed E-state index contributed by atoms with van der Waals surface area (Å²) in [6.45, 7) is 0. The van der Waals surface area contributed by atoms with Gasteiger partial charge in [0.05, 0.1) is 22.1 Å². The summed E-state index contributed by atoms with van der Waals surface area (Å²) in [6.07, 6.45) is 0. The number of para-hydroxylation sites is 6. The van der Waals surface area contributed by atoms with E-state index in [2.05, 4.69) is 297 Å². The summed E-state index contributed by atoms with van der Waals surface area (Å²) in [5.74, 6) is 0.999. The van der Waals surface area contributed by atoms with Crippen LogP contribution in [0.3, 0.4) is 0 Å². The second-order valence-corrected chi connectivity index (χ2v) is 20.3. The molecule has 7 nitrogen and oxygen atoms in total. The Morgan fingerprint density at radius 2 is 0.617 bits per heavy atom. The molecular formula is C74H50N6O. The standard InChI is InChI=1S/C74H50N6O/c1-6-20-53(21-7-1)73-75-74(81-76-73)56-47-54(51-34-38-61(39-35-51)79-69-32-18-16-30-65(69)67-49-63(42-44-71(67)79)77(57-22-8-2-9-23-57)58-24-10-3-11-25-58)46-55(48-56)52-36-40-62(41-37-52)80-70-33-19-17-31-66(70)68-50-64(43-45-72(68)80)78(59-26-12-4-13-27-59)60-28-14-5-15-29-60/h1-50H. The van der Waals surface area contributed by atoms with Crippen molar-refractivity contribution in [1.29, 1.82) is 0 Å². The molecule has 3 heterocycles. The van der Waals surface area contributed by atoms with Gasteiger partial charge in [-0.05, 0) is 162 Å². The lowest BCUT2D eigenvalue weighted by Crippen LogP contribution is -2.09. The molecule has 0 bridgehead atoms. The first-order valence-electron chi connectivity index (χ1n) is 27.3. The van der Waals surface area contributed by atoms with Crippen LogP contribution in [0, 0.1) is 0 Å². The van der Waals surface area contributed by atoms with Crippen LogP contribution in [0.25, 0.3) is 100 Å².